The Bertz CT molecular complexity index is 123. The summed E-state index contributed by atoms with van der Waals surface area (Å²) in [4.78, 5) is 11.1. The number of carbonyl (C=O) groups is 1. The van der Waals surface area contributed by atoms with Crippen molar-refractivity contribution in [2.24, 2.45) is 5.92 Å². The van der Waals surface area contributed by atoms with Gasteiger partial charge in [-0.3, -0.25) is 4.79 Å². The minimum Gasteiger partial charge on any atom is -0.466 e. The van der Waals surface area contributed by atoms with Gasteiger partial charge in [0.2, 0.25) is 0 Å². The van der Waals surface area contributed by atoms with Crippen LogP contribution in [-0.2, 0) is 14.3 Å². The molecule has 0 bridgehead atoms. The fourth-order valence-corrected chi connectivity index (χ4v) is 0.936. The van der Waals surface area contributed by atoms with Crippen molar-refractivity contribution in [2.75, 3.05) is 20.3 Å². The summed E-state index contributed by atoms with van der Waals surface area (Å²) in [5, 5.41) is 0. The maximum atomic E-state index is 11.1. The smallest absolute Gasteiger partial charge is 0.308 e. The Hall–Kier alpha value is -0.570. The fraction of sp³-hybridized carbons (Fsp3) is 0.889. The third-order valence-electron chi connectivity index (χ3n) is 1.67. The van der Waals surface area contributed by atoms with Gasteiger partial charge >= 0.3 is 5.97 Å². The molecule has 0 aromatic carbocycles. The Morgan fingerprint density at radius 1 is 1.50 bits per heavy atom. The molecule has 0 aliphatic carbocycles. The maximum absolute atomic E-state index is 11.1. The highest BCUT2D eigenvalue weighted by atomic mass is 16.5. The van der Waals surface area contributed by atoms with E-state index in [-0.39, 0.29) is 11.9 Å². The molecule has 12 heavy (non-hydrogen) atoms. The lowest BCUT2D eigenvalue weighted by atomic mass is 10.1. The minimum atomic E-state index is -0.103. The summed E-state index contributed by atoms with van der Waals surface area (Å²) in [6, 6.07) is 0. The van der Waals surface area contributed by atoms with Gasteiger partial charge in [0.15, 0.2) is 0 Å². The molecular weight excluding hydrogens is 156 g/mol. The predicted octanol–water partition coefficient (Wildman–Crippen LogP) is 1.61. The lowest BCUT2D eigenvalue weighted by Crippen LogP contribution is -2.15. The highest BCUT2D eigenvalue weighted by Crippen LogP contribution is 2.07. The molecule has 0 aromatic heterocycles. The average molecular weight is 174 g/mol. The van der Waals surface area contributed by atoms with E-state index in [0.29, 0.717) is 13.2 Å². The second-order valence-corrected chi connectivity index (χ2v) is 2.79. The SMILES string of the molecule is CCOC(=O)C(C)CCCOC. The third-order valence-corrected chi connectivity index (χ3v) is 1.67. The molecule has 0 aliphatic rings. The van der Waals surface area contributed by atoms with Gasteiger partial charge in [-0.05, 0) is 19.8 Å². The first kappa shape index (κ1) is 11.4. The van der Waals surface area contributed by atoms with Crippen LogP contribution in [0.25, 0.3) is 0 Å². The Morgan fingerprint density at radius 3 is 2.67 bits per heavy atom. The van der Waals surface area contributed by atoms with Crippen molar-refractivity contribution in [2.45, 2.75) is 26.7 Å². The van der Waals surface area contributed by atoms with Gasteiger partial charge in [-0.1, -0.05) is 6.92 Å². The first-order valence-electron chi connectivity index (χ1n) is 4.38. The molecule has 3 nitrogen and oxygen atoms in total. The molecule has 0 fully saturated rings. The molecule has 0 radical (unpaired) electrons. The summed E-state index contributed by atoms with van der Waals surface area (Å²) in [6.07, 6.45) is 1.75. The van der Waals surface area contributed by atoms with Gasteiger partial charge in [0.05, 0.1) is 12.5 Å². The van der Waals surface area contributed by atoms with E-state index in [1.165, 1.54) is 0 Å². The van der Waals surface area contributed by atoms with E-state index in [1.54, 1.807) is 7.11 Å². The number of ether oxygens (including phenoxy) is 2. The number of hydrogen-bond donors (Lipinski definition) is 0. The lowest BCUT2D eigenvalue weighted by Gasteiger charge is -2.09. The van der Waals surface area contributed by atoms with Crippen LogP contribution >= 0.6 is 0 Å². The van der Waals surface area contributed by atoms with Crippen molar-refractivity contribution in [3.8, 4) is 0 Å². The third kappa shape index (κ3) is 5.13. The summed E-state index contributed by atoms with van der Waals surface area (Å²) in [5.41, 5.74) is 0. The first-order chi connectivity index (χ1) is 5.72. The topological polar surface area (TPSA) is 35.5 Å². The summed E-state index contributed by atoms with van der Waals surface area (Å²) < 4.78 is 9.73. The average Bonchev–Trinajstić information content (AvgIpc) is 2.05. The van der Waals surface area contributed by atoms with Crippen LogP contribution in [0, 0.1) is 5.92 Å². The van der Waals surface area contributed by atoms with Crippen LogP contribution in [0.4, 0.5) is 0 Å². The van der Waals surface area contributed by atoms with Gasteiger partial charge in [-0.25, -0.2) is 0 Å². The van der Waals surface area contributed by atoms with Crippen LogP contribution in [0.2, 0.25) is 0 Å². The number of methoxy groups -OCH3 is 1. The zero-order chi connectivity index (χ0) is 9.40. The van der Waals surface area contributed by atoms with Gasteiger partial charge in [0.25, 0.3) is 0 Å². The highest BCUT2D eigenvalue weighted by Gasteiger charge is 2.12. The summed E-state index contributed by atoms with van der Waals surface area (Å²) in [6.45, 7) is 4.88. The van der Waals surface area contributed by atoms with Crippen LogP contribution in [0.3, 0.4) is 0 Å². The quantitative estimate of drug-likeness (QED) is 0.453. The Morgan fingerprint density at radius 2 is 2.17 bits per heavy atom. The predicted molar refractivity (Wildman–Crippen MR) is 46.9 cm³/mol. The number of carbonyl (C=O) groups excluding carboxylic acids is 1. The van der Waals surface area contributed by atoms with E-state index in [4.69, 9.17) is 9.47 Å². The van der Waals surface area contributed by atoms with Crippen LogP contribution in [-0.4, -0.2) is 26.3 Å². The molecule has 0 rings (SSSR count). The molecule has 1 unspecified atom stereocenters. The van der Waals surface area contributed by atoms with Gasteiger partial charge < -0.3 is 9.47 Å². The Labute approximate surface area is 74.0 Å². The second kappa shape index (κ2) is 7.10. The zero-order valence-electron chi connectivity index (χ0n) is 8.13. The molecule has 72 valence electrons. The highest BCUT2D eigenvalue weighted by molar-refractivity contribution is 5.71. The van der Waals surface area contributed by atoms with Gasteiger partial charge in [0, 0.05) is 13.7 Å². The zero-order valence-corrected chi connectivity index (χ0v) is 8.13. The standard InChI is InChI=1S/C9H18O3/c1-4-12-9(10)8(2)6-5-7-11-3/h8H,4-7H2,1-3H3. The summed E-state index contributed by atoms with van der Waals surface area (Å²) >= 11 is 0. The molecule has 0 aliphatic heterocycles. The van der Waals surface area contributed by atoms with E-state index >= 15 is 0 Å². The molecular formula is C9H18O3. The molecule has 0 N–H and O–H groups in total. The first-order valence-corrected chi connectivity index (χ1v) is 4.38. The van der Waals surface area contributed by atoms with E-state index in [0.717, 1.165) is 12.8 Å². The number of esters is 1. The molecule has 0 aromatic rings. The van der Waals surface area contributed by atoms with E-state index in [2.05, 4.69) is 0 Å². The van der Waals surface area contributed by atoms with Crippen molar-refractivity contribution in [1.29, 1.82) is 0 Å². The largest absolute Gasteiger partial charge is 0.466 e. The summed E-state index contributed by atoms with van der Waals surface area (Å²) in [7, 11) is 1.66. The van der Waals surface area contributed by atoms with Crippen molar-refractivity contribution in [1.82, 2.24) is 0 Å². The van der Waals surface area contributed by atoms with Crippen LogP contribution in [0.15, 0.2) is 0 Å². The van der Waals surface area contributed by atoms with Crippen LogP contribution in [0.5, 0.6) is 0 Å². The van der Waals surface area contributed by atoms with Crippen molar-refractivity contribution in [3.05, 3.63) is 0 Å². The second-order valence-electron chi connectivity index (χ2n) is 2.79. The fourth-order valence-electron chi connectivity index (χ4n) is 0.936. The normalized spacial score (nSPS) is 12.6. The maximum Gasteiger partial charge on any atom is 0.308 e. The Balaban J connectivity index is 3.42. The van der Waals surface area contributed by atoms with E-state index in [1.807, 2.05) is 13.8 Å². The lowest BCUT2D eigenvalue weighted by molar-refractivity contribution is -0.147. The van der Waals surface area contributed by atoms with E-state index < -0.39 is 0 Å². The van der Waals surface area contributed by atoms with Crippen LogP contribution in [0.1, 0.15) is 26.7 Å². The Kier molecular flexibility index (Phi) is 6.76. The summed E-state index contributed by atoms with van der Waals surface area (Å²) in [5.74, 6) is -0.103. The van der Waals surface area contributed by atoms with Crippen molar-refractivity contribution in [3.63, 3.8) is 0 Å². The van der Waals surface area contributed by atoms with Crippen molar-refractivity contribution < 1.29 is 14.3 Å². The number of hydrogen-bond acceptors (Lipinski definition) is 3. The van der Waals surface area contributed by atoms with E-state index in [9.17, 15) is 4.79 Å². The monoisotopic (exact) mass is 174 g/mol. The van der Waals surface area contributed by atoms with Gasteiger partial charge in [-0.15, -0.1) is 0 Å². The molecule has 0 saturated carbocycles. The minimum absolute atomic E-state index is 0.0000926. The van der Waals surface area contributed by atoms with Gasteiger partial charge in [-0.2, -0.15) is 0 Å². The van der Waals surface area contributed by atoms with Crippen molar-refractivity contribution >= 4 is 5.97 Å². The molecule has 0 amide bonds. The van der Waals surface area contributed by atoms with Crippen LogP contribution < -0.4 is 0 Å². The van der Waals surface area contributed by atoms with Gasteiger partial charge in [0.1, 0.15) is 0 Å². The number of rotatable bonds is 6. The molecule has 1 atom stereocenters. The molecule has 3 heteroatoms. The molecule has 0 spiro atoms. The molecule has 0 saturated heterocycles. The molecule has 0 heterocycles.